The van der Waals surface area contributed by atoms with Gasteiger partial charge in [-0.05, 0) is 29.8 Å². The summed E-state index contributed by atoms with van der Waals surface area (Å²) in [4.78, 5) is 30.5. The summed E-state index contributed by atoms with van der Waals surface area (Å²) < 4.78 is 71.3. The fraction of sp³-hybridized carbons (Fsp3) is 0.208. The number of aromatic nitrogens is 7. The molecule has 0 aliphatic rings. The van der Waals surface area contributed by atoms with Crippen LogP contribution >= 0.6 is 11.6 Å². The summed E-state index contributed by atoms with van der Waals surface area (Å²) in [6.45, 7) is -1.42. The number of anilines is 2. The van der Waals surface area contributed by atoms with Crippen LogP contribution in [0, 0.1) is 17.5 Å². The maximum absolute atomic E-state index is 13.9. The molecule has 1 N–H and O–H groups in total. The van der Waals surface area contributed by atoms with Gasteiger partial charge in [0, 0.05) is 24.7 Å². The van der Waals surface area contributed by atoms with Crippen molar-refractivity contribution in [1.82, 2.24) is 33.7 Å². The summed E-state index contributed by atoms with van der Waals surface area (Å²) >= 11 is 6.37. The second kappa shape index (κ2) is 10.6. The lowest BCUT2D eigenvalue weighted by atomic mass is 10.2. The van der Waals surface area contributed by atoms with Gasteiger partial charge in [-0.3, -0.25) is 23.3 Å². The van der Waals surface area contributed by atoms with E-state index in [0.717, 1.165) is 32.0 Å². The van der Waals surface area contributed by atoms with Crippen LogP contribution in [0.2, 0.25) is 5.02 Å². The van der Waals surface area contributed by atoms with Crippen molar-refractivity contribution in [1.29, 1.82) is 0 Å². The summed E-state index contributed by atoms with van der Waals surface area (Å²) in [5, 5.41) is 11.5. The summed E-state index contributed by atoms with van der Waals surface area (Å²) in [7, 11) is 1.60. The minimum Gasteiger partial charge on any atom is -0.340 e. The topological polar surface area (TPSA) is 105 Å². The third-order valence-corrected chi connectivity index (χ3v) is 6.15. The van der Waals surface area contributed by atoms with E-state index in [4.69, 9.17) is 11.6 Å². The smallest absolute Gasteiger partial charge is 0.333 e. The minimum atomic E-state index is -2.63. The van der Waals surface area contributed by atoms with Gasteiger partial charge in [-0.15, -0.1) is 0 Å². The van der Waals surface area contributed by atoms with E-state index in [9.17, 15) is 31.5 Å². The Labute approximate surface area is 225 Å². The second-order valence-corrected chi connectivity index (χ2v) is 9.20. The number of fused-ring (bicyclic) bond motifs is 1. The van der Waals surface area contributed by atoms with E-state index in [1.165, 1.54) is 29.3 Å². The zero-order chi connectivity index (χ0) is 28.7. The van der Waals surface area contributed by atoms with Gasteiger partial charge < -0.3 is 5.32 Å². The van der Waals surface area contributed by atoms with Crippen molar-refractivity contribution in [2.24, 2.45) is 7.05 Å². The Hall–Kier alpha value is -4.53. The Morgan fingerprint density at radius 2 is 1.70 bits per heavy atom. The molecule has 10 nitrogen and oxygen atoms in total. The highest BCUT2D eigenvalue weighted by Crippen LogP contribution is 2.30. The Bertz CT molecular complexity index is 1840. The monoisotopic (exact) mass is 580 g/mol. The van der Waals surface area contributed by atoms with Crippen LogP contribution in [0.3, 0.4) is 0 Å². The third-order valence-electron chi connectivity index (χ3n) is 5.84. The quantitative estimate of drug-likeness (QED) is 0.222. The molecule has 2 aromatic carbocycles. The molecular formula is C24H18ClF5N8O2. The summed E-state index contributed by atoms with van der Waals surface area (Å²) in [5.74, 6) is -4.56. The number of alkyl halides is 2. The molecule has 0 amide bonds. The van der Waals surface area contributed by atoms with Crippen molar-refractivity contribution in [3.8, 4) is 0 Å². The van der Waals surface area contributed by atoms with Gasteiger partial charge in [-0.1, -0.05) is 11.6 Å². The van der Waals surface area contributed by atoms with Gasteiger partial charge in [0.25, 0.3) is 12.0 Å². The van der Waals surface area contributed by atoms with Crippen LogP contribution < -0.4 is 16.6 Å². The first kappa shape index (κ1) is 27.1. The number of halogens is 6. The van der Waals surface area contributed by atoms with Crippen molar-refractivity contribution in [3.63, 3.8) is 0 Å². The highest BCUT2D eigenvalue weighted by Gasteiger charge is 2.18. The lowest BCUT2D eigenvalue weighted by molar-refractivity contribution is 0.122. The van der Waals surface area contributed by atoms with E-state index < -0.39 is 48.2 Å². The number of benzene rings is 2. The molecule has 0 atom stereocenters. The molecule has 0 radical (unpaired) electrons. The number of aryl methyl sites for hydroxylation is 1. The molecule has 5 aromatic rings. The lowest BCUT2D eigenvalue weighted by Crippen LogP contribution is -2.41. The van der Waals surface area contributed by atoms with E-state index in [0.29, 0.717) is 10.9 Å². The molecule has 0 fully saturated rings. The second-order valence-electron chi connectivity index (χ2n) is 8.79. The van der Waals surface area contributed by atoms with E-state index in [1.807, 2.05) is 0 Å². The SMILES string of the molecule is Cn1cnc(Cn2c(=O)cc(Nc3cc4cn(CC(F)F)nc4cc3Cl)n(Cc3cc(F)c(F)c(F)c3)c2=O)n1. The lowest BCUT2D eigenvalue weighted by Gasteiger charge is -2.17. The molecule has 208 valence electrons. The van der Waals surface area contributed by atoms with E-state index in [2.05, 4.69) is 20.5 Å². The number of nitrogens with zero attached hydrogens (tertiary/aromatic N) is 7. The Balaban J connectivity index is 1.60. The van der Waals surface area contributed by atoms with Crippen LogP contribution in [0.15, 0.2) is 52.4 Å². The first-order valence-electron chi connectivity index (χ1n) is 11.5. The predicted octanol–water partition coefficient (Wildman–Crippen LogP) is 3.66. The van der Waals surface area contributed by atoms with Crippen LogP contribution in [0.5, 0.6) is 0 Å². The highest BCUT2D eigenvalue weighted by atomic mass is 35.5. The highest BCUT2D eigenvalue weighted by molar-refractivity contribution is 6.34. The zero-order valence-corrected chi connectivity index (χ0v) is 21.2. The maximum atomic E-state index is 13.9. The molecule has 0 saturated carbocycles. The zero-order valence-electron chi connectivity index (χ0n) is 20.5. The van der Waals surface area contributed by atoms with Crippen molar-refractivity contribution < 1.29 is 22.0 Å². The van der Waals surface area contributed by atoms with Gasteiger partial charge in [-0.2, -0.15) is 10.2 Å². The van der Waals surface area contributed by atoms with Crippen LogP contribution in [0.4, 0.5) is 33.5 Å². The van der Waals surface area contributed by atoms with Gasteiger partial charge in [0.05, 0.1) is 29.3 Å². The normalized spacial score (nSPS) is 11.6. The predicted molar refractivity (Wildman–Crippen MR) is 135 cm³/mol. The molecule has 0 aliphatic carbocycles. The molecule has 40 heavy (non-hydrogen) atoms. The molecule has 3 heterocycles. The van der Waals surface area contributed by atoms with Crippen LogP contribution in [-0.2, 0) is 26.7 Å². The molecule has 16 heteroatoms. The average Bonchev–Trinajstić information content (AvgIpc) is 3.46. The fourth-order valence-electron chi connectivity index (χ4n) is 4.06. The first-order chi connectivity index (χ1) is 19.0. The van der Waals surface area contributed by atoms with Crippen LogP contribution in [-0.4, -0.2) is 40.1 Å². The average molecular weight is 581 g/mol. The third kappa shape index (κ3) is 5.45. The van der Waals surface area contributed by atoms with Crippen LogP contribution in [0.25, 0.3) is 10.9 Å². The number of nitrogens with one attached hydrogen (secondary N) is 1. The largest absolute Gasteiger partial charge is 0.340 e. The van der Waals surface area contributed by atoms with E-state index in [-0.39, 0.29) is 34.5 Å². The molecular weight excluding hydrogens is 563 g/mol. The van der Waals surface area contributed by atoms with Gasteiger partial charge in [-0.25, -0.2) is 31.7 Å². The molecule has 0 spiro atoms. The maximum Gasteiger partial charge on any atom is 0.333 e. The first-order valence-corrected chi connectivity index (χ1v) is 11.9. The summed E-state index contributed by atoms with van der Waals surface area (Å²) in [6, 6.07) is 5.38. The Morgan fingerprint density at radius 3 is 2.35 bits per heavy atom. The molecule has 0 unspecified atom stereocenters. The minimum absolute atomic E-state index is 0.0783. The van der Waals surface area contributed by atoms with Gasteiger partial charge in [0.1, 0.15) is 18.7 Å². The van der Waals surface area contributed by atoms with Crippen molar-refractivity contribution in [2.45, 2.75) is 26.1 Å². The molecule has 0 bridgehead atoms. The number of hydrogen-bond donors (Lipinski definition) is 1. The summed E-state index contributed by atoms with van der Waals surface area (Å²) in [5.41, 5.74) is -1.26. The molecule has 0 saturated heterocycles. The number of hydrogen-bond acceptors (Lipinski definition) is 6. The van der Waals surface area contributed by atoms with E-state index in [1.54, 1.807) is 7.05 Å². The van der Waals surface area contributed by atoms with Crippen molar-refractivity contribution >= 4 is 34.0 Å². The van der Waals surface area contributed by atoms with Gasteiger partial charge in [0.15, 0.2) is 23.3 Å². The standard InChI is InChI=1S/C24H18ClF5N8O2/c1-35-11-31-20(34-35)10-38-22(39)6-21(37(24(38)40)7-12-2-15(26)23(30)16(27)3-12)32-18-4-13-8-36(9-19(28)29)33-17(13)5-14(18)25/h2-6,8,11,19,32H,7,9-10H2,1H3. The van der Waals surface area contributed by atoms with Gasteiger partial charge in [0.2, 0.25) is 0 Å². The van der Waals surface area contributed by atoms with E-state index >= 15 is 0 Å². The fourth-order valence-corrected chi connectivity index (χ4v) is 4.27. The summed E-state index contributed by atoms with van der Waals surface area (Å²) in [6.07, 6.45) is 0.115. The molecule has 0 aliphatic heterocycles. The Kier molecular flexibility index (Phi) is 7.14. The Morgan fingerprint density at radius 1 is 0.975 bits per heavy atom. The molecule has 5 rings (SSSR count). The van der Waals surface area contributed by atoms with Crippen LogP contribution in [0.1, 0.15) is 11.4 Å². The van der Waals surface area contributed by atoms with Gasteiger partial charge >= 0.3 is 5.69 Å². The van der Waals surface area contributed by atoms with Crippen molar-refractivity contribution in [3.05, 3.63) is 97.6 Å². The molecule has 3 aromatic heterocycles. The van der Waals surface area contributed by atoms with Crippen molar-refractivity contribution in [2.75, 3.05) is 5.32 Å². The number of rotatable bonds is 8.